The second-order valence-electron chi connectivity index (χ2n) is 4.01. The summed E-state index contributed by atoms with van der Waals surface area (Å²) in [6.07, 6.45) is 4.13. The van der Waals surface area contributed by atoms with Crippen molar-refractivity contribution in [2.45, 2.75) is 17.3 Å². The van der Waals surface area contributed by atoms with Gasteiger partial charge in [-0.05, 0) is 6.07 Å². The van der Waals surface area contributed by atoms with Crippen LogP contribution in [0.1, 0.15) is 12.4 Å². The first kappa shape index (κ1) is 13.0. The molecule has 1 aromatic carbocycles. The van der Waals surface area contributed by atoms with Gasteiger partial charge in [0, 0.05) is 17.8 Å². The van der Waals surface area contributed by atoms with E-state index in [1.54, 1.807) is 0 Å². The van der Waals surface area contributed by atoms with Crippen LogP contribution in [0.4, 0.5) is 8.78 Å². The summed E-state index contributed by atoms with van der Waals surface area (Å²) in [5.74, 6) is 0.658. The smallest absolute Gasteiger partial charge is 0.277 e. The monoisotopic (exact) mass is 292 g/mol. The summed E-state index contributed by atoms with van der Waals surface area (Å²) in [7, 11) is 0. The summed E-state index contributed by atoms with van der Waals surface area (Å²) in [5, 5.41) is 1.68. The van der Waals surface area contributed by atoms with Crippen molar-refractivity contribution in [1.29, 1.82) is 0 Å². The highest BCUT2D eigenvalue weighted by Gasteiger charge is 2.12. The van der Waals surface area contributed by atoms with Crippen LogP contribution in [0.2, 0.25) is 0 Å². The molecule has 7 heteroatoms. The lowest BCUT2D eigenvalue weighted by atomic mass is 10.2. The summed E-state index contributed by atoms with van der Waals surface area (Å²) in [5.41, 5.74) is 0.835. The lowest BCUT2D eigenvalue weighted by Crippen LogP contribution is -2.02. The van der Waals surface area contributed by atoms with Gasteiger partial charge >= 0.3 is 6.55 Å². The molecule has 3 rings (SSSR count). The van der Waals surface area contributed by atoms with Crippen molar-refractivity contribution >= 4 is 22.7 Å². The van der Waals surface area contributed by atoms with Crippen LogP contribution in [0.5, 0.6) is 0 Å². The second-order valence-corrected chi connectivity index (χ2v) is 4.98. The van der Waals surface area contributed by atoms with Crippen molar-refractivity contribution in [3.8, 4) is 0 Å². The number of nitrogens with zero attached hydrogens (tertiary/aromatic N) is 4. The van der Waals surface area contributed by atoms with E-state index in [0.29, 0.717) is 11.6 Å². The van der Waals surface area contributed by atoms with E-state index in [9.17, 15) is 8.78 Å². The fraction of sp³-hybridized carbons (Fsp3) is 0.154. The van der Waals surface area contributed by atoms with Crippen LogP contribution < -0.4 is 0 Å². The van der Waals surface area contributed by atoms with E-state index in [2.05, 4.69) is 15.0 Å². The van der Waals surface area contributed by atoms with Crippen molar-refractivity contribution in [2.24, 2.45) is 0 Å². The second kappa shape index (κ2) is 5.54. The number of para-hydroxylation sites is 1. The van der Waals surface area contributed by atoms with Crippen molar-refractivity contribution in [2.75, 3.05) is 0 Å². The zero-order valence-corrected chi connectivity index (χ0v) is 11.1. The Balaban J connectivity index is 1.85. The maximum atomic E-state index is 12.7. The van der Waals surface area contributed by atoms with Gasteiger partial charge in [-0.15, -0.1) is 0 Å². The molecule has 0 N–H and O–H groups in total. The molecular weight excluding hydrogens is 282 g/mol. The number of benzene rings is 1. The zero-order chi connectivity index (χ0) is 13.9. The highest BCUT2D eigenvalue weighted by Crippen LogP contribution is 2.27. The summed E-state index contributed by atoms with van der Waals surface area (Å²) in [4.78, 5) is 12.3. The molecule has 0 aliphatic rings. The van der Waals surface area contributed by atoms with Gasteiger partial charge in [0.1, 0.15) is 17.2 Å². The third-order valence-electron chi connectivity index (χ3n) is 2.80. The van der Waals surface area contributed by atoms with E-state index in [1.165, 1.54) is 30.5 Å². The molecule has 0 fully saturated rings. The SMILES string of the molecule is FC(F)n1ccnc1CSc1ncnc2ccccc12. The number of halogens is 2. The highest BCUT2D eigenvalue weighted by molar-refractivity contribution is 7.98. The van der Waals surface area contributed by atoms with Crippen LogP contribution >= 0.6 is 11.8 Å². The van der Waals surface area contributed by atoms with Crippen LogP contribution in [0.3, 0.4) is 0 Å². The largest absolute Gasteiger partial charge is 0.319 e. The number of hydrogen-bond acceptors (Lipinski definition) is 4. The lowest BCUT2D eigenvalue weighted by molar-refractivity contribution is 0.0678. The molecule has 0 amide bonds. The van der Waals surface area contributed by atoms with Gasteiger partial charge in [-0.3, -0.25) is 4.57 Å². The maximum Gasteiger partial charge on any atom is 0.319 e. The first-order valence-corrected chi connectivity index (χ1v) is 6.86. The summed E-state index contributed by atoms with van der Waals surface area (Å²) in [6, 6.07) is 7.60. The number of hydrogen-bond donors (Lipinski definition) is 0. The summed E-state index contributed by atoms with van der Waals surface area (Å²) < 4.78 is 26.3. The van der Waals surface area contributed by atoms with E-state index < -0.39 is 6.55 Å². The van der Waals surface area contributed by atoms with Crippen molar-refractivity contribution < 1.29 is 8.78 Å². The molecule has 102 valence electrons. The third kappa shape index (κ3) is 2.49. The molecule has 3 aromatic rings. The predicted octanol–water partition coefficient (Wildman–Crippen LogP) is 3.51. The molecule has 0 saturated carbocycles. The molecule has 0 aliphatic carbocycles. The molecule has 0 spiro atoms. The molecule has 0 atom stereocenters. The molecule has 0 aliphatic heterocycles. The standard InChI is InChI=1S/C13H10F2N4S/c14-13(15)19-6-5-16-11(19)7-20-12-9-3-1-2-4-10(9)17-8-18-12/h1-6,8,13H,7H2. The number of rotatable bonds is 4. The van der Waals surface area contributed by atoms with E-state index in [0.717, 1.165) is 20.5 Å². The Bertz CT molecular complexity index is 724. The van der Waals surface area contributed by atoms with E-state index in [4.69, 9.17) is 0 Å². The van der Waals surface area contributed by atoms with Crippen LogP contribution in [-0.4, -0.2) is 19.5 Å². The average molecular weight is 292 g/mol. The highest BCUT2D eigenvalue weighted by atomic mass is 32.2. The fourth-order valence-corrected chi connectivity index (χ4v) is 2.80. The average Bonchev–Trinajstić information content (AvgIpc) is 2.93. The Morgan fingerprint density at radius 1 is 1.15 bits per heavy atom. The Labute approximate surface area is 117 Å². The minimum absolute atomic E-state index is 0.327. The van der Waals surface area contributed by atoms with Gasteiger partial charge in [0.25, 0.3) is 0 Å². The zero-order valence-electron chi connectivity index (χ0n) is 10.3. The van der Waals surface area contributed by atoms with E-state index in [1.807, 2.05) is 24.3 Å². The van der Waals surface area contributed by atoms with Gasteiger partial charge < -0.3 is 0 Å². The lowest BCUT2D eigenvalue weighted by Gasteiger charge is -2.07. The molecule has 20 heavy (non-hydrogen) atoms. The predicted molar refractivity (Wildman–Crippen MR) is 72.6 cm³/mol. The quantitative estimate of drug-likeness (QED) is 0.545. The first-order valence-electron chi connectivity index (χ1n) is 5.88. The molecule has 0 bridgehead atoms. The minimum atomic E-state index is -2.57. The number of aromatic nitrogens is 4. The number of thioether (sulfide) groups is 1. The van der Waals surface area contributed by atoms with Crippen LogP contribution in [0.25, 0.3) is 10.9 Å². The van der Waals surface area contributed by atoms with Crippen molar-refractivity contribution in [3.05, 3.63) is 48.8 Å². The van der Waals surface area contributed by atoms with Crippen LogP contribution in [-0.2, 0) is 5.75 Å². The molecular formula is C13H10F2N4S. The Morgan fingerprint density at radius 3 is 2.85 bits per heavy atom. The molecule has 0 radical (unpaired) electrons. The number of alkyl halides is 2. The first-order chi connectivity index (χ1) is 9.75. The molecule has 0 saturated heterocycles. The van der Waals surface area contributed by atoms with Gasteiger partial charge in [-0.1, -0.05) is 30.0 Å². The summed E-state index contributed by atoms with van der Waals surface area (Å²) >= 11 is 1.37. The molecule has 4 nitrogen and oxygen atoms in total. The topological polar surface area (TPSA) is 43.6 Å². The number of imidazole rings is 1. The van der Waals surface area contributed by atoms with Crippen LogP contribution in [0, 0.1) is 0 Å². The Hall–Kier alpha value is -2.02. The van der Waals surface area contributed by atoms with Crippen molar-refractivity contribution in [1.82, 2.24) is 19.5 Å². The maximum absolute atomic E-state index is 12.7. The van der Waals surface area contributed by atoms with Gasteiger partial charge in [0.2, 0.25) is 0 Å². The van der Waals surface area contributed by atoms with E-state index >= 15 is 0 Å². The molecule has 2 heterocycles. The molecule has 0 unspecified atom stereocenters. The van der Waals surface area contributed by atoms with Gasteiger partial charge in [-0.2, -0.15) is 8.78 Å². The minimum Gasteiger partial charge on any atom is -0.277 e. The van der Waals surface area contributed by atoms with E-state index in [-0.39, 0.29) is 0 Å². The van der Waals surface area contributed by atoms with Gasteiger partial charge in [-0.25, -0.2) is 15.0 Å². The van der Waals surface area contributed by atoms with Crippen LogP contribution in [0.15, 0.2) is 48.0 Å². The van der Waals surface area contributed by atoms with Gasteiger partial charge in [0.15, 0.2) is 0 Å². The number of fused-ring (bicyclic) bond motifs is 1. The van der Waals surface area contributed by atoms with Crippen molar-refractivity contribution in [3.63, 3.8) is 0 Å². The summed E-state index contributed by atoms with van der Waals surface area (Å²) in [6.45, 7) is -2.57. The third-order valence-corrected chi connectivity index (χ3v) is 3.80. The fourth-order valence-electron chi connectivity index (χ4n) is 1.86. The molecule has 2 aromatic heterocycles. The van der Waals surface area contributed by atoms with Gasteiger partial charge in [0.05, 0.1) is 11.3 Å². The Kier molecular flexibility index (Phi) is 3.60. The Morgan fingerprint density at radius 2 is 2.00 bits per heavy atom. The normalized spacial score (nSPS) is 11.3.